The molecule has 0 aliphatic heterocycles. The first kappa shape index (κ1) is 14.5. The molecular formula is C12H15Cl2N3O2. The molecule has 5 nitrogen and oxygen atoms in total. The second kappa shape index (κ2) is 6.50. The van der Waals surface area contributed by atoms with Gasteiger partial charge in [-0.1, -0.05) is 29.6 Å². The summed E-state index contributed by atoms with van der Waals surface area (Å²) >= 11 is 11.5. The summed E-state index contributed by atoms with van der Waals surface area (Å²) < 4.78 is 0. The second-order valence-electron chi connectivity index (χ2n) is 4.77. The number of rotatable bonds is 3. The van der Waals surface area contributed by atoms with Crippen molar-refractivity contribution in [3.8, 4) is 0 Å². The Labute approximate surface area is 121 Å². The average Bonchev–Trinajstić information content (AvgIpc) is 2.39. The first-order valence-electron chi connectivity index (χ1n) is 6.21. The third-order valence-corrected chi connectivity index (χ3v) is 3.73. The van der Waals surface area contributed by atoms with E-state index in [4.69, 9.17) is 23.2 Å². The molecule has 104 valence electrons. The van der Waals surface area contributed by atoms with Crippen molar-refractivity contribution in [1.82, 2.24) is 15.5 Å². The molecule has 0 spiro atoms. The van der Waals surface area contributed by atoms with Gasteiger partial charge in [0, 0.05) is 6.54 Å². The van der Waals surface area contributed by atoms with Crippen LogP contribution in [0.4, 0.5) is 0 Å². The van der Waals surface area contributed by atoms with Crippen LogP contribution in [0.15, 0.2) is 6.07 Å². The summed E-state index contributed by atoms with van der Waals surface area (Å²) in [6.45, 7) is 0.520. The Kier molecular flexibility index (Phi) is 4.96. The average molecular weight is 304 g/mol. The van der Waals surface area contributed by atoms with Crippen molar-refractivity contribution < 1.29 is 9.90 Å². The smallest absolute Gasteiger partial charge is 0.254 e. The minimum atomic E-state index is -0.318. The zero-order chi connectivity index (χ0) is 13.8. The molecule has 1 fully saturated rings. The third-order valence-electron chi connectivity index (χ3n) is 3.27. The molecular weight excluding hydrogens is 289 g/mol. The van der Waals surface area contributed by atoms with Gasteiger partial charge in [0.2, 0.25) is 0 Å². The van der Waals surface area contributed by atoms with Gasteiger partial charge >= 0.3 is 0 Å². The monoisotopic (exact) mass is 303 g/mol. The van der Waals surface area contributed by atoms with Crippen LogP contribution in [-0.2, 0) is 0 Å². The molecule has 2 unspecified atom stereocenters. The Morgan fingerprint density at radius 2 is 2.21 bits per heavy atom. The van der Waals surface area contributed by atoms with Crippen LogP contribution in [0.2, 0.25) is 10.3 Å². The molecule has 1 saturated carbocycles. The SMILES string of the molecule is O=C(NCC1CCCC(O)C1)c1cc(Cl)nnc1Cl. The van der Waals surface area contributed by atoms with Crippen molar-refractivity contribution in [2.75, 3.05) is 6.54 Å². The molecule has 2 rings (SSSR count). The van der Waals surface area contributed by atoms with E-state index in [-0.39, 0.29) is 27.9 Å². The van der Waals surface area contributed by atoms with Crippen molar-refractivity contribution in [2.24, 2.45) is 5.92 Å². The van der Waals surface area contributed by atoms with Gasteiger partial charge in [-0.2, -0.15) is 0 Å². The Morgan fingerprint density at radius 1 is 1.42 bits per heavy atom. The summed E-state index contributed by atoms with van der Waals surface area (Å²) in [5, 5.41) is 19.7. The van der Waals surface area contributed by atoms with Crippen molar-refractivity contribution in [2.45, 2.75) is 31.8 Å². The molecule has 7 heteroatoms. The number of carbonyl (C=O) groups excluding carboxylic acids is 1. The van der Waals surface area contributed by atoms with Gasteiger partial charge in [0.25, 0.3) is 5.91 Å². The highest BCUT2D eigenvalue weighted by Crippen LogP contribution is 2.23. The zero-order valence-corrected chi connectivity index (χ0v) is 11.8. The normalized spacial score (nSPS) is 23.1. The number of nitrogens with zero attached hydrogens (tertiary/aromatic N) is 2. The minimum Gasteiger partial charge on any atom is -0.393 e. The van der Waals surface area contributed by atoms with Gasteiger partial charge in [-0.05, 0) is 31.2 Å². The summed E-state index contributed by atoms with van der Waals surface area (Å²) in [7, 11) is 0. The first-order chi connectivity index (χ1) is 9.06. The van der Waals surface area contributed by atoms with E-state index in [2.05, 4.69) is 15.5 Å². The molecule has 2 N–H and O–H groups in total. The fourth-order valence-electron chi connectivity index (χ4n) is 2.29. The van der Waals surface area contributed by atoms with E-state index in [1.54, 1.807) is 0 Å². The minimum absolute atomic E-state index is 0.0329. The van der Waals surface area contributed by atoms with E-state index in [9.17, 15) is 9.90 Å². The predicted molar refractivity (Wildman–Crippen MR) is 72.4 cm³/mol. The second-order valence-corrected chi connectivity index (χ2v) is 5.51. The van der Waals surface area contributed by atoms with E-state index in [1.165, 1.54) is 6.07 Å². The van der Waals surface area contributed by atoms with E-state index in [0.717, 1.165) is 25.7 Å². The van der Waals surface area contributed by atoms with Gasteiger partial charge < -0.3 is 10.4 Å². The van der Waals surface area contributed by atoms with Gasteiger partial charge in [0.15, 0.2) is 10.3 Å². The van der Waals surface area contributed by atoms with Crippen LogP contribution >= 0.6 is 23.2 Å². The number of aliphatic hydroxyl groups excluding tert-OH is 1. The van der Waals surface area contributed by atoms with Crippen LogP contribution in [0.3, 0.4) is 0 Å². The number of carbonyl (C=O) groups is 1. The first-order valence-corrected chi connectivity index (χ1v) is 6.97. The molecule has 1 aromatic heterocycles. The van der Waals surface area contributed by atoms with Crippen LogP contribution in [-0.4, -0.2) is 33.9 Å². The fraction of sp³-hybridized carbons (Fsp3) is 0.583. The maximum atomic E-state index is 12.0. The Bertz CT molecular complexity index is 470. The van der Waals surface area contributed by atoms with Gasteiger partial charge in [-0.15, -0.1) is 10.2 Å². The lowest BCUT2D eigenvalue weighted by atomic mass is 9.87. The van der Waals surface area contributed by atoms with Crippen LogP contribution < -0.4 is 5.32 Å². The van der Waals surface area contributed by atoms with Crippen molar-refractivity contribution in [3.63, 3.8) is 0 Å². The van der Waals surface area contributed by atoms with Gasteiger partial charge in [0.1, 0.15) is 0 Å². The summed E-state index contributed by atoms with van der Waals surface area (Å²) in [5.41, 5.74) is 0.220. The maximum absolute atomic E-state index is 12.0. The molecule has 1 amide bonds. The standard InChI is InChI=1S/C12H15Cl2N3O2/c13-10-5-9(11(14)17-16-10)12(19)15-6-7-2-1-3-8(18)4-7/h5,7-8,18H,1-4,6H2,(H,15,19). The van der Waals surface area contributed by atoms with E-state index in [1.807, 2.05) is 0 Å². The van der Waals surface area contributed by atoms with Crippen LogP contribution in [0.5, 0.6) is 0 Å². The van der Waals surface area contributed by atoms with E-state index < -0.39 is 0 Å². The van der Waals surface area contributed by atoms with Gasteiger partial charge in [-0.3, -0.25) is 4.79 Å². The predicted octanol–water partition coefficient (Wildman–Crippen LogP) is 2.06. The Balaban J connectivity index is 1.92. The fourth-order valence-corrected chi connectivity index (χ4v) is 2.62. The molecule has 0 aromatic carbocycles. The molecule has 0 radical (unpaired) electrons. The number of hydrogen-bond acceptors (Lipinski definition) is 4. The van der Waals surface area contributed by atoms with Crippen molar-refractivity contribution in [1.29, 1.82) is 0 Å². The maximum Gasteiger partial charge on any atom is 0.254 e. The van der Waals surface area contributed by atoms with E-state index in [0.29, 0.717) is 12.5 Å². The molecule has 2 atom stereocenters. The Morgan fingerprint density at radius 3 is 2.95 bits per heavy atom. The topological polar surface area (TPSA) is 75.1 Å². The summed E-state index contributed by atoms with van der Waals surface area (Å²) in [6.07, 6.45) is 3.32. The summed E-state index contributed by atoms with van der Waals surface area (Å²) in [6, 6.07) is 1.39. The molecule has 1 aliphatic carbocycles. The molecule has 1 aromatic rings. The lowest BCUT2D eigenvalue weighted by molar-refractivity contribution is 0.0873. The lowest BCUT2D eigenvalue weighted by Crippen LogP contribution is -2.33. The zero-order valence-electron chi connectivity index (χ0n) is 10.3. The Hall–Kier alpha value is -0.910. The van der Waals surface area contributed by atoms with Crippen LogP contribution in [0, 0.1) is 5.92 Å². The molecule has 19 heavy (non-hydrogen) atoms. The van der Waals surface area contributed by atoms with Crippen molar-refractivity contribution >= 4 is 29.1 Å². The highest BCUT2D eigenvalue weighted by molar-refractivity contribution is 6.34. The van der Waals surface area contributed by atoms with Gasteiger partial charge in [-0.25, -0.2) is 0 Å². The highest BCUT2D eigenvalue weighted by Gasteiger charge is 2.21. The summed E-state index contributed by atoms with van der Waals surface area (Å²) in [4.78, 5) is 12.0. The van der Waals surface area contributed by atoms with E-state index >= 15 is 0 Å². The number of aromatic nitrogens is 2. The molecule has 0 saturated heterocycles. The number of nitrogens with one attached hydrogen (secondary N) is 1. The van der Waals surface area contributed by atoms with Crippen LogP contribution in [0.1, 0.15) is 36.0 Å². The van der Waals surface area contributed by atoms with Gasteiger partial charge in [0.05, 0.1) is 11.7 Å². The molecule has 1 aliphatic rings. The number of halogens is 2. The molecule has 1 heterocycles. The summed E-state index contributed by atoms with van der Waals surface area (Å²) in [5.74, 6) is -0.0152. The van der Waals surface area contributed by atoms with Crippen molar-refractivity contribution in [3.05, 3.63) is 21.9 Å². The molecule has 0 bridgehead atoms. The lowest BCUT2D eigenvalue weighted by Gasteiger charge is -2.25. The highest BCUT2D eigenvalue weighted by atomic mass is 35.5. The van der Waals surface area contributed by atoms with Crippen LogP contribution in [0.25, 0.3) is 0 Å². The number of aliphatic hydroxyl groups is 1. The number of amides is 1. The third kappa shape index (κ3) is 4.03. The number of hydrogen-bond donors (Lipinski definition) is 2. The quantitative estimate of drug-likeness (QED) is 0.896. The largest absolute Gasteiger partial charge is 0.393 e.